The summed E-state index contributed by atoms with van der Waals surface area (Å²) in [6, 6.07) is 0. The highest BCUT2D eigenvalue weighted by atomic mass is 127. The third-order valence-electron chi connectivity index (χ3n) is 3.12. The third kappa shape index (κ3) is 1.09. The molecular weight excluding hydrogens is 279 g/mol. The van der Waals surface area contributed by atoms with E-state index < -0.39 is 5.41 Å². The van der Waals surface area contributed by atoms with Crippen LogP contribution in [0.4, 0.5) is 0 Å². The van der Waals surface area contributed by atoms with Crippen LogP contribution in [0.2, 0.25) is 0 Å². The van der Waals surface area contributed by atoms with Crippen LogP contribution in [0.25, 0.3) is 0 Å². The van der Waals surface area contributed by atoms with E-state index in [1.165, 1.54) is 0 Å². The lowest BCUT2D eigenvalue weighted by atomic mass is 9.79. The van der Waals surface area contributed by atoms with Crippen LogP contribution in [0.3, 0.4) is 0 Å². The van der Waals surface area contributed by atoms with Crippen LogP contribution in [0.15, 0.2) is 21.5 Å². The molecule has 70 valence electrons. The Morgan fingerprint density at radius 2 is 2.23 bits per heavy atom. The van der Waals surface area contributed by atoms with Crippen LogP contribution in [-0.4, -0.2) is 10.9 Å². The Hall–Kier alpha value is -0.320. The molecule has 1 spiro atoms. The van der Waals surface area contributed by atoms with E-state index in [-0.39, 0.29) is 11.5 Å². The Morgan fingerprint density at radius 1 is 1.54 bits per heavy atom. The molecule has 0 heterocycles. The molecule has 2 aliphatic rings. The average Bonchev–Trinajstić information content (AvgIpc) is 2.54. The van der Waals surface area contributed by atoms with Gasteiger partial charge in [-0.1, -0.05) is 12.2 Å². The molecule has 0 amide bonds. The van der Waals surface area contributed by atoms with Crippen molar-refractivity contribution in [3.05, 3.63) is 21.5 Å². The Labute approximate surface area is 90.9 Å². The van der Waals surface area contributed by atoms with E-state index in [0.717, 1.165) is 28.4 Å². The summed E-state index contributed by atoms with van der Waals surface area (Å²) in [7, 11) is 0. The van der Waals surface area contributed by atoms with Gasteiger partial charge in [0.2, 0.25) is 5.78 Å². The third-order valence-corrected chi connectivity index (χ3v) is 4.01. The molecule has 1 unspecified atom stereocenters. The monoisotopic (exact) mass is 290 g/mol. The van der Waals surface area contributed by atoms with E-state index in [0.29, 0.717) is 6.42 Å². The van der Waals surface area contributed by atoms with Gasteiger partial charge in [0.15, 0.2) is 5.76 Å². The fourth-order valence-corrected chi connectivity index (χ4v) is 3.18. The minimum absolute atomic E-state index is 0.0244. The summed E-state index contributed by atoms with van der Waals surface area (Å²) in [4.78, 5) is 11.8. The molecule has 0 bridgehead atoms. The molecule has 0 radical (unpaired) electrons. The van der Waals surface area contributed by atoms with E-state index in [2.05, 4.69) is 29.2 Å². The smallest absolute Gasteiger partial charge is 0.208 e. The molecule has 0 aromatic heterocycles. The topological polar surface area (TPSA) is 37.3 Å². The van der Waals surface area contributed by atoms with Crippen LogP contribution >= 0.6 is 22.6 Å². The standard InChI is InChI=1S/C10H11IO2/c1-6-3-2-4-10(6)5-7(11)8(12)9(10)13/h12H,1-5H2. The van der Waals surface area contributed by atoms with Crippen molar-refractivity contribution in [2.75, 3.05) is 0 Å². The number of aliphatic hydroxyl groups excluding tert-OH is 1. The number of carbonyl (C=O) groups is 1. The predicted molar refractivity (Wildman–Crippen MR) is 58.7 cm³/mol. The molecule has 1 atom stereocenters. The highest BCUT2D eigenvalue weighted by Crippen LogP contribution is 2.53. The summed E-state index contributed by atoms with van der Waals surface area (Å²) < 4.78 is 0.797. The lowest BCUT2D eigenvalue weighted by Crippen LogP contribution is -2.25. The average molecular weight is 290 g/mol. The van der Waals surface area contributed by atoms with E-state index in [1.807, 2.05) is 0 Å². The Balaban J connectivity index is 2.41. The molecule has 0 aromatic carbocycles. The molecular formula is C10H11IO2. The van der Waals surface area contributed by atoms with E-state index >= 15 is 0 Å². The van der Waals surface area contributed by atoms with Crippen LogP contribution in [0.5, 0.6) is 0 Å². The van der Waals surface area contributed by atoms with Gasteiger partial charge in [-0.3, -0.25) is 4.79 Å². The molecule has 13 heavy (non-hydrogen) atoms. The minimum atomic E-state index is -0.416. The van der Waals surface area contributed by atoms with E-state index in [4.69, 9.17) is 0 Å². The Morgan fingerprint density at radius 3 is 2.62 bits per heavy atom. The van der Waals surface area contributed by atoms with Crippen LogP contribution in [0.1, 0.15) is 25.7 Å². The van der Waals surface area contributed by atoms with Crippen molar-refractivity contribution in [3.63, 3.8) is 0 Å². The zero-order valence-electron chi connectivity index (χ0n) is 7.27. The molecule has 0 aromatic rings. The SMILES string of the molecule is C=C1CCCC12CC(I)=C(O)C2=O. The van der Waals surface area contributed by atoms with Crippen molar-refractivity contribution in [3.8, 4) is 0 Å². The first-order valence-electron chi connectivity index (χ1n) is 4.38. The fourth-order valence-electron chi connectivity index (χ4n) is 2.29. The number of hydrogen-bond acceptors (Lipinski definition) is 2. The first-order chi connectivity index (χ1) is 6.08. The number of rotatable bonds is 0. The first kappa shape index (κ1) is 9.24. The van der Waals surface area contributed by atoms with Crippen molar-refractivity contribution >= 4 is 28.4 Å². The largest absolute Gasteiger partial charge is 0.504 e. The summed E-state index contributed by atoms with van der Waals surface area (Å²) >= 11 is 2.05. The van der Waals surface area contributed by atoms with E-state index in [9.17, 15) is 9.90 Å². The van der Waals surface area contributed by atoms with Gasteiger partial charge in [0, 0.05) is 3.58 Å². The highest BCUT2D eigenvalue weighted by molar-refractivity contribution is 14.1. The molecule has 1 saturated carbocycles. The number of hydrogen-bond donors (Lipinski definition) is 1. The normalized spacial score (nSPS) is 33.9. The van der Waals surface area contributed by atoms with Gasteiger partial charge in [-0.15, -0.1) is 0 Å². The van der Waals surface area contributed by atoms with Crippen molar-refractivity contribution in [1.82, 2.24) is 0 Å². The fraction of sp³-hybridized carbons (Fsp3) is 0.500. The Bertz CT molecular complexity index is 330. The van der Waals surface area contributed by atoms with Gasteiger partial charge in [-0.05, 0) is 48.3 Å². The second kappa shape index (κ2) is 2.83. The van der Waals surface area contributed by atoms with Gasteiger partial charge < -0.3 is 5.11 Å². The van der Waals surface area contributed by atoms with Crippen LogP contribution < -0.4 is 0 Å². The van der Waals surface area contributed by atoms with Gasteiger partial charge in [0.25, 0.3) is 0 Å². The van der Waals surface area contributed by atoms with Crippen LogP contribution in [-0.2, 0) is 4.79 Å². The number of ketones is 1. The second-order valence-corrected chi connectivity index (χ2v) is 5.10. The van der Waals surface area contributed by atoms with Crippen molar-refractivity contribution in [1.29, 1.82) is 0 Å². The first-order valence-corrected chi connectivity index (χ1v) is 5.46. The number of allylic oxidation sites excluding steroid dienone is 3. The van der Waals surface area contributed by atoms with Gasteiger partial charge in [0.05, 0.1) is 5.41 Å². The van der Waals surface area contributed by atoms with Crippen LogP contribution in [0, 0.1) is 5.41 Å². The second-order valence-electron chi connectivity index (χ2n) is 3.80. The Kier molecular flexibility index (Phi) is 2.02. The zero-order valence-corrected chi connectivity index (χ0v) is 9.43. The molecule has 0 saturated heterocycles. The number of halogens is 1. The molecule has 1 fully saturated rings. The van der Waals surface area contributed by atoms with Crippen molar-refractivity contribution in [2.24, 2.45) is 5.41 Å². The summed E-state index contributed by atoms with van der Waals surface area (Å²) in [5, 5.41) is 9.49. The number of aliphatic hydroxyl groups is 1. The predicted octanol–water partition coefficient (Wildman–Crippen LogP) is 2.89. The lowest BCUT2D eigenvalue weighted by Gasteiger charge is -2.22. The molecule has 3 heteroatoms. The van der Waals surface area contributed by atoms with Gasteiger partial charge in [0.1, 0.15) is 0 Å². The van der Waals surface area contributed by atoms with E-state index in [1.54, 1.807) is 0 Å². The lowest BCUT2D eigenvalue weighted by molar-refractivity contribution is -0.123. The van der Waals surface area contributed by atoms with Gasteiger partial charge in [-0.2, -0.15) is 0 Å². The maximum Gasteiger partial charge on any atom is 0.208 e. The number of Topliss-reactive ketones (excluding diaryl/α,β-unsaturated/α-hetero) is 1. The summed E-state index contributed by atoms with van der Waals surface area (Å²) in [5.41, 5.74) is 0.594. The van der Waals surface area contributed by atoms with Gasteiger partial charge >= 0.3 is 0 Å². The minimum Gasteiger partial charge on any atom is -0.504 e. The zero-order chi connectivity index (χ0) is 9.64. The maximum atomic E-state index is 11.8. The van der Waals surface area contributed by atoms with Crippen molar-refractivity contribution in [2.45, 2.75) is 25.7 Å². The molecule has 2 rings (SSSR count). The van der Waals surface area contributed by atoms with Gasteiger partial charge in [-0.25, -0.2) is 0 Å². The summed E-state index contributed by atoms with van der Waals surface area (Å²) in [6.07, 6.45) is 3.50. The maximum absolute atomic E-state index is 11.8. The van der Waals surface area contributed by atoms with Crippen molar-refractivity contribution < 1.29 is 9.90 Å². The summed E-state index contributed by atoms with van der Waals surface area (Å²) in [5.74, 6) is -0.122. The molecule has 2 aliphatic carbocycles. The molecule has 0 aliphatic heterocycles. The molecule has 1 N–H and O–H groups in total. The highest BCUT2D eigenvalue weighted by Gasteiger charge is 2.50. The summed E-state index contributed by atoms with van der Waals surface area (Å²) in [6.45, 7) is 3.95. The molecule has 2 nitrogen and oxygen atoms in total. The number of carbonyl (C=O) groups excluding carboxylic acids is 1. The quantitative estimate of drug-likeness (QED) is 0.550.